The zero-order valence-corrected chi connectivity index (χ0v) is 16.4. The number of aliphatic carboxylic acids is 1. The number of benzene rings is 2. The highest BCUT2D eigenvalue weighted by Crippen LogP contribution is 2.35. The van der Waals surface area contributed by atoms with Crippen molar-refractivity contribution >= 4 is 29.2 Å². The maximum absolute atomic E-state index is 11.8. The third-order valence-electron chi connectivity index (χ3n) is 3.80. The fraction of sp³-hybridized carbons (Fsp3) is 0.200. The van der Waals surface area contributed by atoms with Gasteiger partial charge in [-0.05, 0) is 37.3 Å². The molecule has 8 heteroatoms. The molecule has 0 aliphatic rings. The SMILES string of the molecule is CCOCc1coc(-c2cc(Cl)ccc2OC(C(=O)O)c2cccc(Cl)c2)n1. The Morgan fingerprint density at radius 3 is 2.71 bits per heavy atom. The molecule has 28 heavy (non-hydrogen) atoms. The van der Waals surface area contributed by atoms with Crippen molar-refractivity contribution in [3.8, 4) is 17.2 Å². The van der Waals surface area contributed by atoms with Crippen molar-refractivity contribution in [2.24, 2.45) is 0 Å². The monoisotopic (exact) mass is 421 g/mol. The summed E-state index contributed by atoms with van der Waals surface area (Å²) in [6.45, 7) is 2.73. The first-order valence-corrected chi connectivity index (χ1v) is 9.20. The molecule has 0 radical (unpaired) electrons. The number of hydrogen-bond acceptors (Lipinski definition) is 5. The Labute approximate surface area is 171 Å². The van der Waals surface area contributed by atoms with E-state index in [4.69, 9.17) is 37.1 Å². The van der Waals surface area contributed by atoms with Crippen LogP contribution in [-0.4, -0.2) is 22.7 Å². The molecule has 0 fully saturated rings. The summed E-state index contributed by atoms with van der Waals surface area (Å²) in [4.78, 5) is 16.2. The zero-order valence-electron chi connectivity index (χ0n) is 14.9. The van der Waals surface area contributed by atoms with Gasteiger partial charge in [-0.15, -0.1) is 0 Å². The first-order chi connectivity index (χ1) is 13.5. The van der Waals surface area contributed by atoms with Gasteiger partial charge in [0.05, 0.1) is 12.2 Å². The van der Waals surface area contributed by atoms with E-state index in [1.54, 1.807) is 42.5 Å². The minimum absolute atomic E-state index is 0.252. The van der Waals surface area contributed by atoms with Crippen LogP contribution in [0.1, 0.15) is 24.3 Å². The molecule has 1 heterocycles. The molecule has 1 N–H and O–H groups in total. The first kappa shape index (κ1) is 20.2. The molecule has 2 aromatic carbocycles. The van der Waals surface area contributed by atoms with Crippen LogP contribution < -0.4 is 4.74 Å². The lowest BCUT2D eigenvalue weighted by molar-refractivity contribution is -0.145. The maximum Gasteiger partial charge on any atom is 0.349 e. The topological polar surface area (TPSA) is 81.8 Å². The Hall–Kier alpha value is -2.54. The summed E-state index contributed by atoms with van der Waals surface area (Å²) in [5.74, 6) is -0.642. The van der Waals surface area contributed by atoms with Crippen LogP contribution >= 0.6 is 23.2 Å². The van der Waals surface area contributed by atoms with Gasteiger partial charge in [0, 0.05) is 22.2 Å². The molecule has 1 aromatic heterocycles. The second-order valence-electron chi connectivity index (χ2n) is 5.81. The highest BCUT2D eigenvalue weighted by atomic mass is 35.5. The van der Waals surface area contributed by atoms with Crippen LogP contribution in [0.5, 0.6) is 5.75 Å². The highest BCUT2D eigenvalue weighted by molar-refractivity contribution is 6.31. The van der Waals surface area contributed by atoms with Crippen LogP contribution in [0.2, 0.25) is 10.0 Å². The van der Waals surface area contributed by atoms with Crippen molar-refractivity contribution in [1.82, 2.24) is 4.98 Å². The van der Waals surface area contributed by atoms with E-state index < -0.39 is 12.1 Å². The van der Waals surface area contributed by atoms with Crippen molar-refractivity contribution in [3.63, 3.8) is 0 Å². The van der Waals surface area contributed by atoms with E-state index in [0.717, 1.165) is 0 Å². The molecular weight excluding hydrogens is 405 g/mol. The van der Waals surface area contributed by atoms with Gasteiger partial charge in [-0.1, -0.05) is 35.3 Å². The molecule has 0 saturated heterocycles. The van der Waals surface area contributed by atoms with Gasteiger partial charge < -0.3 is 19.0 Å². The highest BCUT2D eigenvalue weighted by Gasteiger charge is 2.25. The Morgan fingerprint density at radius 1 is 1.21 bits per heavy atom. The minimum atomic E-state index is -1.27. The van der Waals surface area contributed by atoms with Crippen molar-refractivity contribution in [1.29, 1.82) is 0 Å². The number of nitrogens with zero attached hydrogens (tertiary/aromatic N) is 1. The molecule has 6 nitrogen and oxygen atoms in total. The number of carbonyl (C=O) groups is 1. The van der Waals surface area contributed by atoms with Gasteiger partial charge in [0.2, 0.25) is 12.0 Å². The number of halogens is 2. The lowest BCUT2D eigenvalue weighted by Gasteiger charge is -2.17. The van der Waals surface area contributed by atoms with E-state index >= 15 is 0 Å². The van der Waals surface area contributed by atoms with Crippen molar-refractivity contribution in [3.05, 3.63) is 70.0 Å². The summed E-state index contributed by atoms with van der Waals surface area (Å²) >= 11 is 12.1. The number of hydrogen-bond donors (Lipinski definition) is 1. The molecule has 0 amide bonds. The smallest absolute Gasteiger partial charge is 0.349 e. The minimum Gasteiger partial charge on any atom is -0.478 e. The average Bonchev–Trinajstić information content (AvgIpc) is 3.13. The summed E-state index contributed by atoms with van der Waals surface area (Å²) in [5, 5.41) is 10.5. The van der Waals surface area contributed by atoms with Crippen molar-refractivity contribution in [2.75, 3.05) is 6.61 Å². The summed E-state index contributed by atoms with van der Waals surface area (Å²) in [6, 6.07) is 11.3. The van der Waals surface area contributed by atoms with E-state index in [9.17, 15) is 9.90 Å². The number of rotatable bonds is 8. The van der Waals surface area contributed by atoms with Gasteiger partial charge in [0.25, 0.3) is 0 Å². The van der Waals surface area contributed by atoms with E-state index in [1.165, 1.54) is 6.26 Å². The molecule has 1 unspecified atom stereocenters. The number of carboxylic acid groups (broad SMARTS) is 1. The molecular formula is C20H17Cl2NO5. The van der Waals surface area contributed by atoms with Crippen molar-refractivity contribution in [2.45, 2.75) is 19.6 Å². The average molecular weight is 422 g/mol. The lowest BCUT2D eigenvalue weighted by Crippen LogP contribution is -2.18. The van der Waals surface area contributed by atoms with E-state index in [0.29, 0.717) is 40.1 Å². The standard InChI is InChI=1S/C20H17Cl2NO5/c1-2-26-10-15-11-27-19(23-15)16-9-14(22)6-7-17(16)28-18(20(24)25)12-4-3-5-13(21)8-12/h3-9,11,18H,2,10H2,1H3,(H,24,25). The molecule has 0 spiro atoms. The third kappa shape index (κ3) is 4.84. The lowest BCUT2D eigenvalue weighted by atomic mass is 10.1. The molecule has 0 bridgehead atoms. The van der Waals surface area contributed by atoms with Crippen LogP contribution in [0.25, 0.3) is 11.5 Å². The summed E-state index contributed by atoms with van der Waals surface area (Å²) in [7, 11) is 0. The predicted molar refractivity (Wildman–Crippen MR) is 105 cm³/mol. The number of aromatic nitrogens is 1. The van der Waals surface area contributed by atoms with Crippen molar-refractivity contribution < 1.29 is 23.8 Å². The van der Waals surface area contributed by atoms with Crippen LogP contribution in [-0.2, 0) is 16.1 Å². The predicted octanol–water partition coefficient (Wildman–Crippen LogP) is 5.39. The van der Waals surface area contributed by atoms with Gasteiger partial charge in [0.1, 0.15) is 17.7 Å². The molecule has 0 saturated carbocycles. The van der Waals surface area contributed by atoms with E-state index in [-0.39, 0.29) is 11.6 Å². The second-order valence-corrected chi connectivity index (χ2v) is 6.69. The van der Waals surface area contributed by atoms with Gasteiger partial charge in [-0.25, -0.2) is 9.78 Å². The second kappa shape index (κ2) is 9.10. The van der Waals surface area contributed by atoms with Gasteiger partial charge in [-0.3, -0.25) is 0 Å². The van der Waals surface area contributed by atoms with Crippen LogP contribution in [0.4, 0.5) is 0 Å². The maximum atomic E-state index is 11.8. The van der Waals surface area contributed by atoms with Gasteiger partial charge in [0.15, 0.2) is 0 Å². The fourth-order valence-electron chi connectivity index (χ4n) is 2.53. The quantitative estimate of drug-likeness (QED) is 0.524. The first-order valence-electron chi connectivity index (χ1n) is 8.45. The van der Waals surface area contributed by atoms with Crippen LogP contribution in [0.15, 0.2) is 53.1 Å². The molecule has 3 aromatic rings. The Bertz CT molecular complexity index is 973. The zero-order chi connectivity index (χ0) is 20.1. The molecule has 1 atom stereocenters. The number of ether oxygens (including phenoxy) is 2. The summed E-state index contributed by atoms with van der Waals surface area (Å²) < 4.78 is 16.6. The Morgan fingerprint density at radius 2 is 2.00 bits per heavy atom. The van der Waals surface area contributed by atoms with Crippen LogP contribution in [0, 0.1) is 0 Å². The summed E-state index contributed by atoms with van der Waals surface area (Å²) in [5.41, 5.74) is 1.45. The summed E-state index contributed by atoms with van der Waals surface area (Å²) in [6.07, 6.45) is 0.206. The van der Waals surface area contributed by atoms with E-state index in [1.807, 2.05) is 6.92 Å². The molecule has 0 aliphatic heterocycles. The Balaban J connectivity index is 1.95. The molecule has 146 valence electrons. The normalized spacial score (nSPS) is 12.0. The fourth-order valence-corrected chi connectivity index (χ4v) is 2.90. The number of oxazole rings is 1. The third-order valence-corrected chi connectivity index (χ3v) is 4.27. The van der Waals surface area contributed by atoms with Gasteiger partial charge in [-0.2, -0.15) is 0 Å². The molecule has 3 rings (SSSR count). The largest absolute Gasteiger partial charge is 0.478 e. The number of carboxylic acids is 1. The van der Waals surface area contributed by atoms with Gasteiger partial charge >= 0.3 is 5.97 Å². The molecule has 0 aliphatic carbocycles. The van der Waals surface area contributed by atoms with Crippen LogP contribution in [0.3, 0.4) is 0 Å². The van der Waals surface area contributed by atoms with E-state index in [2.05, 4.69) is 4.98 Å². The Kier molecular flexibility index (Phi) is 6.57.